The highest BCUT2D eigenvalue weighted by molar-refractivity contribution is 5.56. The molecular formula is C27H32F3N5O2. The highest BCUT2D eigenvalue weighted by Crippen LogP contribution is 2.50. The van der Waals surface area contributed by atoms with Crippen molar-refractivity contribution in [1.82, 2.24) is 20.0 Å². The van der Waals surface area contributed by atoms with Gasteiger partial charge in [-0.25, -0.2) is 0 Å². The normalized spacial score (nSPS) is 23.9. The maximum atomic E-state index is 12.9. The lowest BCUT2D eigenvalue weighted by molar-refractivity contribution is -0.128. The number of hydrogen-bond acceptors (Lipinski definition) is 7. The van der Waals surface area contributed by atoms with Crippen molar-refractivity contribution in [2.45, 2.75) is 62.8 Å². The van der Waals surface area contributed by atoms with Crippen molar-refractivity contribution in [3.8, 4) is 11.4 Å². The first kappa shape index (κ1) is 25.8. The molecule has 0 radical (unpaired) electrons. The summed E-state index contributed by atoms with van der Waals surface area (Å²) in [5.41, 5.74) is 5.72. The highest BCUT2D eigenvalue weighted by Gasteiger charge is 2.55. The van der Waals surface area contributed by atoms with Crippen LogP contribution < -0.4 is 5.73 Å². The van der Waals surface area contributed by atoms with E-state index in [1.165, 1.54) is 12.1 Å². The van der Waals surface area contributed by atoms with Gasteiger partial charge in [-0.2, -0.15) is 18.2 Å². The summed E-state index contributed by atoms with van der Waals surface area (Å²) in [5, 5.41) is 16.5. The number of benzene rings is 1. The molecule has 1 aromatic carbocycles. The van der Waals surface area contributed by atoms with Gasteiger partial charge in [0.25, 0.3) is 0 Å². The van der Waals surface area contributed by atoms with Crippen LogP contribution in [0.3, 0.4) is 0 Å². The van der Waals surface area contributed by atoms with E-state index in [-0.39, 0.29) is 17.5 Å². The second-order valence-electron chi connectivity index (χ2n) is 11.0. The molecule has 0 unspecified atom stereocenters. The molecule has 2 aromatic heterocycles. The molecule has 0 amide bonds. The number of rotatable bonds is 6. The lowest BCUT2D eigenvalue weighted by Gasteiger charge is -2.55. The van der Waals surface area contributed by atoms with Crippen molar-refractivity contribution in [3.05, 3.63) is 65.3 Å². The number of halogens is 3. The summed E-state index contributed by atoms with van der Waals surface area (Å²) in [6, 6.07) is 8.03. The van der Waals surface area contributed by atoms with Gasteiger partial charge in [0.1, 0.15) is 5.60 Å². The van der Waals surface area contributed by atoms with Crippen molar-refractivity contribution < 1.29 is 22.8 Å². The zero-order chi connectivity index (χ0) is 26.4. The molecule has 198 valence electrons. The first-order valence-electron chi connectivity index (χ1n) is 12.6. The van der Waals surface area contributed by atoms with Crippen LogP contribution in [-0.2, 0) is 12.0 Å². The van der Waals surface area contributed by atoms with Gasteiger partial charge in [-0.15, -0.1) is 0 Å². The average Bonchev–Trinajstić information content (AvgIpc) is 3.33. The van der Waals surface area contributed by atoms with Gasteiger partial charge in [0.05, 0.1) is 6.42 Å². The van der Waals surface area contributed by atoms with E-state index in [2.05, 4.69) is 20.0 Å². The molecule has 1 atom stereocenters. The van der Waals surface area contributed by atoms with E-state index >= 15 is 0 Å². The van der Waals surface area contributed by atoms with Crippen LogP contribution in [0, 0.1) is 5.41 Å². The third kappa shape index (κ3) is 5.02. The second kappa shape index (κ2) is 9.49. The van der Waals surface area contributed by atoms with Gasteiger partial charge in [-0.1, -0.05) is 36.3 Å². The molecule has 1 aliphatic carbocycles. The third-order valence-corrected chi connectivity index (χ3v) is 7.86. The maximum Gasteiger partial charge on any atom is 0.393 e. The van der Waals surface area contributed by atoms with Crippen molar-refractivity contribution in [2.75, 3.05) is 20.1 Å². The predicted octanol–water partition coefficient (Wildman–Crippen LogP) is 4.41. The van der Waals surface area contributed by atoms with E-state index in [9.17, 15) is 18.3 Å². The number of nitrogens with zero attached hydrogens (tertiary/aromatic N) is 4. The predicted molar refractivity (Wildman–Crippen MR) is 132 cm³/mol. The van der Waals surface area contributed by atoms with Crippen LogP contribution in [-0.4, -0.2) is 57.5 Å². The Kier molecular flexibility index (Phi) is 6.62. The summed E-state index contributed by atoms with van der Waals surface area (Å²) in [4.78, 5) is 11.1. The van der Waals surface area contributed by atoms with Gasteiger partial charge in [-0.3, -0.25) is 4.98 Å². The molecule has 3 N–H and O–H groups in total. The minimum absolute atomic E-state index is 0.143. The van der Waals surface area contributed by atoms with Crippen LogP contribution in [0.25, 0.3) is 11.4 Å². The maximum absolute atomic E-state index is 12.9. The largest absolute Gasteiger partial charge is 0.393 e. The Balaban J connectivity index is 1.48. The van der Waals surface area contributed by atoms with E-state index in [0.29, 0.717) is 41.5 Å². The second-order valence-corrected chi connectivity index (χ2v) is 11.0. The smallest absolute Gasteiger partial charge is 0.380 e. The standard InChI is InChI=1S/C27H32F3N5O2/c1-25(15-35(2)16-25)27(36,20-7-3-17(4-8-20)12-26(28,29)30)21-11-19(13-32-14-21)23-33-24(37-34-23)18-5-9-22(31)10-6-18/h3-4,7-8,11,13-14,18,22,36H,5-6,9-10,12,15-16,31H2,1-2H3/t18-,22-,27-/m0/s1. The van der Waals surface area contributed by atoms with Gasteiger partial charge < -0.3 is 20.3 Å². The van der Waals surface area contributed by atoms with Crippen molar-refractivity contribution in [2.24, 2.45) is 11.1 Å². The first-order chi connectivity index (χ1) is 17.5. The van der Waals surface area contributed by atoms with Gasteiger partial charge >= 0.3 is 6.18 Å². The summed E-state index contributed by atoms with van der Waals surface area (Å²) < 4.78 is 44.3. The Morgan fingerprint density at radius 1 is 1.08 bits per heavy atom. The summed E-state index contributed by atoms with van der Waals surface area (Å²) >= 11 is 0. The summed E-state index contributed by atoms with van der Waals surface area (Å²) in [7, 11) is 1.96. The molecule has 0 bridgehead atoms. The quantitative estimate of drug-likeness (QED) is 0.502. The lowest BCUT2D eigenvalue weighted by Crippen LogP contribution is -2.63. The van der Waals surface area contributed by atoms with Crippen molar-refractivity contribution in [3.63, 3.8) is 0 Å². The monoisotopic (exact) mass is 515 g/mol. The Morgan fingerprint density at radius 2 is 1.76 bits per heavy atom. The Morgan fingerprint density at radius 3 is 2.38 bits per heavy atom. The molecule has 1 aliphatic heterocycles. The number of pyridine rings is 1. The average molecular weight is 516 g/mol. The van der Waals surface area contributed by atoms with Crippen LogP contribution >= 0.6 is 0 Å². The highest BCUT2D eigenvalue weighted by atomic mass is 19.4. The third-order valence-electron chi connectivity index (χ3n) is 7.86. The van der Waals surface area contributed by atoms with Gasteiger partial charge in [0.15, 0.2) is 0 Å². The molecule has 1 saturated heterocycles. The Labute approximate surface area is 213 Å². The molecule has 3 aromatic rings. The van der Waals surface area contributed by atoms with Crippen molar-refractivity contribution >= 4 is 0 Å². The Bertz CT molecular complexity index is 1230. The van der Waals surface area contributed by atoms with Crippen LogP contribution in [0.5, 0.6) is 0 Å². The number of hydrogen-bond donors (Lipinski definition) is 2. The molecule has 7 nitrogen and oxygen atoms in total. The zero-order valence-corrected chi connectivity index (χ0v) is 21.0. The van der Waals surface area contributed by atoms with Gasteiger partial charge in [-0.05, 0) is 49.9 Å². The number of alkyl halides is 3. The molecule has 2 fully saturated rings. The molecule has 0 spiro atoms. The summed E-state index contributed by atoms with van der Waals surface area (Å²) in [5.74, 6) is 1.14. The van der Waals surface area contributed by atoms with Crippen LogP contribution in [0.4, 0.5) is 13.2 Å². The summed E-state index contributed by atoms with van der Waals surface area (Å²) in [6.07, 6.45) is 1.54. The van der Waals surface area contributed by atoms with E-state index in [0.717, 1.165) is 25.7 Å². The molecule has 5 rings (SSSR count). The molecule has 1 saturated carbocycles. The number of likely N-dealkylation sites (tertiary alicyclic amines) is 1. The number of aromatic nitrogens is 3. The summed E-state index contributed by atoms with van der Waals surface area (Å²) in [6.45, 7) is 3.19. The molecule has 2 aliphatic rings. The minimum Gasteiger partial charge on any atom is -0.380 e. The first-order valence-corrected chi connectivity index (χ1v) is 12.6. The molecule has 3 heterocycles. The SMILES string of the molecule is CN1CC(C)([C@](O)(c2ccc(CC(F)(F)F)cc2)c2cncc(-c3noc([C@H]4CC[C@H](N)CC4)n3)c2)C1. The van der Waals surface area contributed by atoms with E-state index < -0.39 is 23.6 Å². The van der Waals surface area contributed by atoms with E-state index in [1.54, 1.807) is 30.6 Å². The zero-order valence-electron chi connectivity index (χ0n) is 21.0. The molecule has 10 heteroatoms. The fraction of sp³-hybridized carbons (Fsp3) is 0.519. The van der Waals surface area contributed by atoms with E-state index in [1.807, 2.05) is 14.0 Å². The van der Waals surface area contributed by atoms with Crippen LogP contribution in [0.2, 0.25) is 0 Å². The topological polar surface area (TPSA) is 101 Å². The van der Waals surface area contributed by atoms with Crippen LogP contribution in [0.15, 0.2) is 47.2 Å². The number of aliphatic hydroxyl groups is 1. The van der Waals surface area contributed by atoms with Crippen molar-refractivity contribution in [1.29, 1.82) is 0 Å². The van der Waals surface area contributed by atoms with Crippen LogP contribution in [0.1, 0.15) is 61.1 Å². The van der Waals surface area contributed by atoms with Gasteiger partial charge in [0.2, 0.25) is 11.7 Å². The van der Waals surface area contributed by atoms with Gasteiger partial charge in [0, 0.05) is 54.0 Å². The number of nitrogens with two attached hydrogens (primary N) is 1. The molecular weight excluding hydrogens is 483 g/mol. The fourth-order valence-electron chi connectivity index (χ4n) is 5.98. The van der Waals surface area contributed by atoms with E-state index in [4.69, 9.17) is 10.3 Å². The molecule has 37 heavy (non-hydrogen) atoms. The Hall–Kier alpha value is -2.82. The lowest BCUT2D eigenvalue weighted by atomic mass is 9.62. The minimum atomic E-state index is -4.30. The fourth-order valence-corrected chi connectivity index (χ4v) is 5.98.